The molecule has 0 aliphatic heterocycles. The fraction of sp³-hybridized carbons (Fsp3) is 0.0345. The highest BCUT2D eigenvalue weighted by Crippen LogP contribution is 2.47. The number of hydrogen-bond acceptors (Lipinski definition) is 0. The molecule has 0 saturated carbocycles. The van der Waals surface area contributed by atoms with E-state index in [9.17, 15) is 0 Å². The Kier molecular flexibility index (Phi) is 17.3. The van der Waals surface area contributed by atoms with Crippen LogP contribution in [0.2, 0.25) is 0 Å². The van der Waals surface area contributed by atoms with E-state index in [1.165, 1.54) is 239 Å². The quantitative estimate of drug-likeness (QED) is 0.122. The lowest BCUT2D eigenvalue weighted by Crippen LogP contribution is -1.90. The van der Waals surface area contributed by atoms with Crippen molar-refractivity contribution < 1.29 is 0 Å². The zero-order valence-corrected chi connectivity index (χ0v) is 65.3. The second kappa shape index (κ2) is 28.9. The molecular formula is C116H80. The highest BCUT2D eigenvalue weighted by Gasteiger charge is 2.20. The number of rotatable bonds is 4. The third kappa shape index (κ3) is 11.7. The number of hydrogen-bond donors (Lipinski definition) is 0. The molecule has 0 bridgehead atoms. The summed E-state index contributed by atoms with van der Waals surface area (Å²) in [5.41, 5.74) is 15.8. The van der Waals surface area contributed by atoms with Crippen LogP contribution in [0.5, 0.6) is 0 Å². The lowest BCUT2D eigenvalue weighted by Gasteiger charge is -2.17. The van der Waals surface area contributed by atoms with Crippen molar-refractivity contribution in [3.05, 3.63) is 435 Å². The van der Waals surface area contributed by atoms with Crippen molar-refractivity contribution in [3.8, 4) is 44.5 Å². The Morgan fingerprint density at radius 1 is 0.112 bits per heavy atom. The van der Waals surface area contributed by atoms with Gasteiger partial charge in [0.1, 0.15) is 0 Å². The Balaban J connectivity index is 0.0000000979. The van der Waals surface area contributed by atoms with Crippen molar-refractivity contribution in [3.63, 3.8) is 0 Å². The first kappa shape index (κ1) is 69.4. The number of aryl methyl sites for hydroxylation is 4. The highest BCUT2D eigenvalue weighted by molar-refractivity contribution is 6.28. The standard InChI is InChI=1S/2C33H22.C29H20.C21H16/c1-21-23-10-2-8-16-30(23)33(31-17-9-3-11-24(21)31)22-18-19-29-27-14-5-4-12-25(27)26-13-6-7-15-28(26)32(29)20-22;1-21-26-9-4-6-12-29(26)33(30-13-7-5-10-27(21)30)25-19-16-23-15-18-24-17-14-22-8-2-3-11-28(22)32(24)31(23)20-25;1-19-23-9-4-6-12-26(23)29(27-13-7-5-10-24(19)27)22-17-16-21-15-14-20-8-2-3-11-25(20)28(21)18-22;1-15-17-11-5-7-13-19(17)21(16-9-3-2-4-10-16)20-14-8-6-12-18(15)20/h2*2-20H,1H3;2-18H,1H3;2-14H,1H3. The van der Waals surface area contributed by atoms with Crippen molar-refractivity contribution in [2.24, 2.45) is 0 Å². The lowest BCUT2D eigenvalue weighted by atomic mass is 9.87. The topological polar surface area (TPSA) is 0 Å². The monoisotopic (exact) mass is 1470 g/mol. The van der Waals surface area contributed by atoms with Crippen LogP contribution in [0.25, 0.3) is 217 Å². The van der Waals surface area contributed by atoms with Gasteiger partial charge in [0.25, 0.3) is 0 Å². The summed E-state index contributed by atoms with van der Waals surface area (Å²) < 4.78 is 0. The zero-order chi connectivity index (χ0) is 77.5. The van der Waals surface area contributed by atoms with E-state index in [0.29, 0.717) is 0 Å². The molecule has 24 aromatic carbocycles. The van der Waals surface area contributed by atoms with E-state index in [0.717, 1.165) is 0 Å². The van der Waals surface area contributed by atoms with Crippen molar-refractivity contribution >= 4 is 172 Å². The van der Waals surface area contributed by atoms with E-state index >= 15 is 0 Å². The Morgan fingerprint density at radius 2 is 0.319 bits per heavy atom. The number of fused-ring (bicyclic) bond motifs is 22. The molecule has 544 valence electrons. The first-order valence-electron chi connectivity index (χ1n) is 40.5. The van der Waals surface area contributed by atoms with Crippen LogP contribution in [-0.2, 0) is 0 Å². The van der Waals surface area contributed by atoms with Gasteiger partial charge in [0.15, 0.2) is 0 Å². The van der Waals surface area contributed by atoms with Crippen molar-refractivity contribution in [2.75, 3.05) is 0 Å². The van der Waals surface area contributed by atoms with E-state index < -0.39 is 0 Å². The van der Waals surface area contributed by atoms with Gasteiger partial charge in [-0.05, 0) is 285 Å². The van der Waals surface area contributed by atoms with Crippen molar-refractivity contribution in [1.29, 1.82) is 0 Å². The predicted octanol–water partition coefficient (Wildman–Crippen LogP) is 33.1. The molecule has 0 aliphatic carbocycles. The summed E-state index contributed by atoms with van der Waals surface area (Å²) in [6.45, 7) is 8.95. The summed E-state index contributed by atoms with van der Waals surface area (Å²) in [5.74, 6) is 0. The van der Waals surface area contributed by atoms with Crippen LogP contribution in [0, 0.1) is 27.7 Å². The highest BCUT2D eigenvalue weighted by atomic mass is 14.2. The molecule has 0 fully saturated rings. The summed E-state index contributed by atoms with van der Waals surface area (Å²) in [6, 6.07) is 150. The van der Waals surface area contributed by atoms with Crippen LogP contribution in [0.3, 0.4) is 0 Å². The Labute approximate surface area is 674 Å². The molecule has 0 spiro atoms. The van der Waals surface area contributed by atoms with E-state index in [1.54, 1.807) is 0 Å². The fourth-order valence-electron chi connectivity index (χ4n) is 19.4. The molecule has 0 heteroatoms. The molecule has 0 saturated heterocycles. The molecule has 0 heterocycles. The average molecular weight is 1470 g/mol. The average Bonchev–Trinajstić information content (AvgIpc) is 0.722. The van der Waals surface area contributed by atoms with Crippen LogP contribution in [0.1, 0.15) is 22.3 Å². The third-order valence-electron chi connectivity index (χ3n) is 24.9. The minimum absolute atomic E-state index is 1.27. The van der Waals surface area contributed by atoms with Gasteiger partial charge in [0.05, 0.1) is 0 Å². The summed E-state index contributed by atoms with van der Waals surface area (Å²) >= 11 is 0. The molecule has 0 radical (unpaired) electrons. The maximum atomic E-state index is 2.41. The minimum atomic E-state index is 1.27. The van der Waals surface area contributed by atoms with E-state index in [-0.39, 0.29) is 0 Å². The second-order valence-corrected chi connectivity index (χ2v) is 31.2. The first-order valence-corrected chi connectivity index (χ1v) is 40.5. The predicted molar refractivity (Wildman–Crippen MR) is 507 cm³/mol. The van der Waals surface area contributed by atoms with Gasteiger partial charge < -0.3 is 0 Å². The molecule has 0 aromatic heterocycles. The Morgan fingerprint density at radius 3 is 0.672 bits per heavy atom. The minimum Gasteiger partial charge on any atom is -0.0622 e. The van der Waals surface area contributed by atoms with Crippen LogP contribution in [0.15, 0.2) is 413 Å². The third-order valence-corrected chi connectivity index (χ3v) is 24.9. The van der Waals surface area contributed by atoms with Gasteiger partial charge in [-0.2, -0.15) is 0 Å². The van der Waals surface area contributed by atoms with E-state index in [4.69, 9.17) is 0 Å². The Bertz CT molecular complexity index is 7710. The molecule has 24 aromatic rings. The fourth-order valence-corrected chi connectivity index (χ4v) is 19.4. The van der Waals surface area contributed by atoms with E-state index in [2.05, 4.69) is 440 Å². The zero-order valence-electron chi connectivity index (χ0n) is 65.3. The molecule has 0 atom stereocenters. The molecule has 0 N–H and O–H groups in total. The normalized spacial score (nSPS) is 11.6. The van der Waals surface area contributed by atoms with Gasteiger partial charge in [-0.1, -0.05) is 394 Å². The molecule has 0 nitrogen and oxygen atoms in total. The van der Waals surface area contributed by atoms with Crippen LogP contribution >= 0.6 is 0 Å². The van der Waals surface area contributed by atoms with Gasteiger partial charge in [-0.3, -0.25) is 0 Å². The maximum absolute atomic E-state index is 2.41. The Hall–Kier alpha value is -14.6. The van der Waals surface area contributed by atoms with Crippen LogP contribution in [-0.4, -0.2) is 0 Å². The van der Waals surface area contributed by atoms with Gasteiger partial charge in [0, 0.05) is 0 Å². The van der Waals surface area contributed by atoms with Gasteiger partial charge in [0.2, 0.25) is 0 Å². The maximum Gasteiger partial charge on any atom is -0.00264 e. The summed E-state index contributed by atoms with van der Waals surface area (Å²) in [5, 5.41) is 42.2. The smallest absolute Gasteiger partial charge is 0.00264 e. The van der Waals surface area contributed by atoms with Crippen LogP contribution < -0.4 is 0 Å². The first-order chi connectivity index (χ1) is 57.3. The summed E-state index contributed by atoms with van der Waals surface area (Å²) in [4.78, 5) is 0. The van der Waals surface area contributed by atoms with Gasteiger partial charge >= 0.3 is 0 Å². The van der Waals surface area contributed by atoms with Gasteiger partial charge in [-0.15, -0.1) is 0 Å². The summed E-state index contributed by atoms with van der Waals surface area (Å²) in [6.07, 6.45) is 0. The largest absolute Gasteiger partial charge is 0.0622 e. The lowest BCUT2D eigenvalue weighted by molar-refractivity contribution is 1.57. The molecule has 24 rings (SSSR count). The van der Waals surface area contributed by atoms with Crippen LogP contribution in [0.4, 0.5) is 0 Å². The van der Waals surface area contributed by atoms with E-state index in [1.807, 2.05) is 0 Å². The molecule has 0 aliphatic rings. The number of benzene rings is 24. The molecule has 116 heavy (non-hydrogen) atoms. The molecule has 0 unspecified atom stereocenters. The molecule has 0 amide bonds. The SMILES string of the molecule is Cc1c2ccccc2c(-c2ccc3c4ccccc4c4ccccc4c3c2)c2ccccc12.Cc1c2ccccc2c(-c2ccc3ccc4ccc5ccccc5c4c3c2)c2ccccc12.Cc1c2ccccc2c(-c2ccc3ccc4ccccc4c3c2)c2ccccc12.Cc1c2ccccc2c(-c2ccccc2)c2ccccc12. The van der Waals surface area contributed by atoms with Crippen molar-refractivity contribution in [1.82, 2.24) is 0 Å². The summed E-state index contributed by atoms with van der Waals surface area (Å²) in [7, 11) is 0. The van der Waals surface area contributed by atoms with Gasteiger partial charge in [-0.25, -0.2) is 0 Å². The molecular weight excluding hydrogens is 1390 g/mol. The van der Waals surface area contributed by atoms with Crippen molar-refractivity contribution in [2.45, 2.75) is 27.7 Å². The second-order valence-electron chi connectivity index (χ2n) is 31.2.